The Kier molecular flexibility index (Phi) is 3.85. The van der Waals surface area contributed by atoms with Gasteiger partial charge in [-0.1, -0.05) is 18.2 Å². The molecule has 0 spiro atoms. The van der Waals surface area contributed by atoms with E-state index < -0.39 is 0 Å². The first-order valence-electron chi connectivity index (χ1n) is 5.51. The summed E-state index contributed by atoms with van der Waals surface area (Å²) in [6.07, 6.45) is 2.13. The largest absolute Gasteiger partial charge is 0.326 e. The van der Waals surface area contributed by atoms with Gasteiger partial charge < -0.3 is 11.1 Å². The molecule has 3 nitrogen and oxygen atoms in total. The molecule has 1 heterocycles. The summed E-state index contributed by atoms with van der Waals surface area (Å²) in [6, 6.07) is 7.69. The van der Waals surface area contributed by atoms with Crippen LogP contribution in [0.3, 0.4) is 0 Å². The highest BCUT2D eigenvalue weighted by Gasteiger charge is 2.23. The molecular weight excluding hydrogens is 220 g/mol. The van der Waals surface area contributed by atoms with Gasteiger partial charge in [-0.2, -0.15) is 0 Å². The summed E-state index contributed by atoms with van der Waals surface area (Å²) in [6.45, 7) is 0.453. The second-order valence-electron chi connectivity index (χ2n) is 3.85. The van der Waals surface area contributed by atoms with E-state index in [-0.39, 0.29) is 11.2 Å². The van der Waals surface area contributed by atoms with Gasteiger partial charge >= 0.3 is 0 Å². The molecule has 2 rings (SSSR count). The van der Waals surface area contributed by atoms with Crippen molar-refractivity contribution in [3.63, 3.8) is 0 Å². The Morgan fingerprint density at radius 2 is 2.31 bits per heavy atom. The van der Waals surface area contributed by atoms with Crippen molar-refractivity contribution in [2.75, 3.05) is 11.1 Å². The summed E-state index contributed by atoms with van der Waals surface area (Å²) in [5, 5.41) is 3.08. The van der Waals surface area contributed by atoms with Gasteiger partial charge in [0.05, 0.1) is 5.25 Å². The third kappa shape index (κ3) is 2.57. The van der Waals surface area contributed by atoms with Crippen LogP contribution in [0.2, 0.25) is 0 Å². The standard InChI is InChI=1S/C12H16N2OS/c13-8-9-4-1-2-5-10(9)14-12(15)11-6-3-7-16-11/h1-2,4-5,11H,3,6-8,13H2,(H,14,15). The van der Waals surface area contributed by atoms with Crippen molar-refractivity contribution in [2.45, 2.75) is 24.6 Å². The van der Waals surface area contributed by atoms with Crippen LogP contribution in [-0.4, -0.2) is 16.9 Å². The van der Waals surface area contributed by atoms with E-state index in [9.17, 15) is 4.79 Å². The van der Waals surface area contributed by atoms with Gasteiger partial charge in [0.25, 0.3) is 0 Å². The van der Waals surface area contributed by atoms with Crippen molar-refractivity contribution < 1.29 is 4.79 Å². The fourth-order valence-electron chi connectivity index (χ4n) is 1.82. The lowest BCUT2D eigenvalue weighted by atomic mass is 10.1. The van der Waals surface area contributed by atoms with Crippen LogP contribution in [0, 0.1) is 0 Å². The molecule has 16 heavy (non-hydrogen) atoms. The maximum atomic E-state index is 11.9. The Morgan fingerprint density at radius 3 is 3.00 bits per heavy atom. The number of hydrogen-bond acceptors (Lipinski definition) is 3. The van der Waals surface area contributed by atoms with Gasteiger partial charge in [0.1, 0.15) is 0 Å². The number of amides is 1. The predicted octanol–water partition coefficient (Wildman–Crippen LogP) is 1.98. The maximum absolute atomic E-state index is 11.9. The first kappa shape index (κ1) is 11.5. The van der Waals surface area contributed by atoms with Gasteiger partial charge in [-0.15, -0.1) is 11.8 Å². The van der Waals surface area contributed by atoms with Crippen molar-refractivity contribution in [2.24, 2.45) is 5.73 Å². The first-order valence-corrected chi connectivity index (χ1v) is 6.56. The minimum absolute atomic E-state index is 0.114. The molecule has 1 aliphatic heterocycles. The second-order valence-corrected chi connectivity index (χ2v) is 5.16. The van der Waals surface area contributed by atoms with Crippen LogP contribution in [0.4, 0.5) is 5.69 Å². The normalized spacial score (nSPS) is 19.7. The molecule has 1 saturated heterocycles. The summed E-state index contributed by atoms with van der Waals surface area (Å²) in [5.74, 6) is 1.21. The molecule has 1 aromatic carbocycles. The molecule has 1 amide bonds. The van der Waals surface area contributed by atoms with Crippen molar-refractivity contribution in [3.8, 4) is 0 Å². The third-order valence-corrected chi connectivity index (χ3v) is 4.09. The van der Waals surface area contributed by atoms with Crippen molar-refractivity contribution >= 4 is 23.4 Å². The Balaban J connectivity index is 2.05. The van der Waals surface area contributed by atoms with Crippen LogP contribution < -0.4 is 11.1 Å². The van der Waals surface area contributed by atoms with E-state index in [1.165, 1.54) is 0 Å². The molecule has 1 aliphatic rings. The molecule has 1 aromatic rings. The van der Waals surface area contributed by atoms with E-state index in [0.717, 1.165) is 29.8 Å². The van der Waals surface area contributed by atoms with E-state index in [1.54, 1.807) is 11.8 Å². The Hall–Kier alpha value is -1.000. The number of rotatable bonds is 3. The fraction of sp³-hybridized carbons (Fsp3) is 0.417. The van der Waals surface area contributed by atoms with Crippen molar-refractivity contribution in [3.05, 3.63) is 29.8 Å². The molecule has 1 unspecified atom stereocenters. The summed E-state index contributed by atoms with van der Waals surface area (Å²) in [4.78, 5) is 11.9. The summed E-state index contributed by atoms with van der Waals surface area (Å²) < 4.78 is 0. The number of benzene rings is 1. The molecule has 0 aliphatic carbocycles. The summed E-state index contributed by atoms with van der Waals surface area (Å²) in [5.41, 5.74) is 7.46. The number of carbonyl (C=O) groups is 1. The zero-order valence-electron chi connectivity index (χ0n) is 9.11. The van der Waals surface area contributed by atoms with E-state index in [2.05, 4.69) is 5.32 Å². The van der Waals surface area contributed by atoms with Crippen LogP contribution in [0.5, 0.6) is 0 Å². The Labute approximate surface area is 99.8 Å². The smallest absolute Gasteiger partial charge is 0.237 e. The number of nitrogens with two attached hydrogens (primary N) is 1. The van der Waals surface area contributed by atoms with Crippen LogP contribution >= 0.6 is 11.8 Å². The number of carbonyl (C=O) groups excluding carboxylic acids is 1. The molecule has 0 aromatic heterocycles. The van der Waals surface area contributed by atoms with Gasteiger partial charge in [-0.3, -0.25) is 4.79 Å². The molecule has 0 bridgehead atoms. The Bertz CT molecular complexity index is 375. The van der Waals surface area contributed by atoms with Gasteiger partial charge in [0.15, 0.2) is 0 Å². The molecule has 0 radical (unpaired) electrons. The molecule has 3 N–H and O–H groups in total. The average molecular weight is 236 g/mol. The lowest BCUT2D eigenvalue weighted by Gasteiger charge is -2.12. The monoisotopic (exact) mass is 236 g/mol. The van der Waals surface area contributed by atoms with Gasteiger partial charge in [0.2, 0.25) is 5.91 Å². The molecule has 86 valence electrons. The summed E-state index contributed by atoms with van der Waals surface area (Å²) >= 11 is 1.74. The number of hydrogen-bond donors (Lipinski definition) is 2. The topological polar surface area (TPSA) is 55.1 Å². The molecule has 1 atom stereocenters. The highest BCUT2D eigenvalue weighted by atomic mass is 32.2. The SMILES string of the molecule is NCc1ccccc1NC(=O)C1CCCS1. The summed E-state index contributed by atoms with van der Waals surface area (Å²) in [7, 11) is 0. The van der Waals surface area contributed by atoms with Crippen LogP contribution in [-0.2, 0) is 11.3 Å². The molecule has 0 saturated carbocycles. The molecular formula is C12H16N2OS. The third-order valence-electron chi connectivity index (χ3n) is 2.72. The van der Waals surface area contributed by atoms with Gasteiger partial charge in [-0.05, 0) is 30.2 Å². The van der Waals surface area contributed by atoms with Crippen LogP contribution in [0.1, 0.15) is 18.4 Å². The van der Waals surface area contributed by atoms with E-state index in [0.29, 0.717) is 6.54 Å². The second kappa shape index (κ2) is 5.37. The fourth-order valence-corrected chi connectivity index (χ4v) is 2.98. The van der Waals surface area contributed by atoms with Crippen LogP contribution in [0.25, 0.3) is 0 Å². The maximum Gasteiger partial charge on any atom is 0.237 e. The van der Waals surface area contributed by atoms with E-state index in [1.807, 2.05) is 24.3 Å². The van der Waals surface area contributed by atoms with E-state index in [4.69, 9.17) is 5.73 Å². The van der Waals surface area contributed by atoms with Crippen molar-refractivity contribution in [1.82, 2.24) is 0 Å². The first-order chi connectivity index (χ1) is 7.81. The number of anilines is 1. The molecule has 4 heteroatoms. The zero-order valence-corrected chi connectivity index (χ0v) is 9.93. The number of nitrogens with one attached hydrogen (secondary N) is 1. The lowest BCUT2D eigenvalue weighted by molar-refractivity contribution is -0.115. The van der Waals surface area contributed by atoms with Gasteiger partial charge in [0, 0.05) is 12.2 Å². The minimum Gasteiger partial charge on any atom is -0.326 e. The van der Waals surface area contributed by atoms with Crippen molar-refractivity contribution in [1.29, 1.82) is 0 Å². The predicted molar refractivity (Wildman–Crippen MR) is 68.4 cm³/mol. The lowest BCUT2D eigenvalue weighted by Crippen LogP contribution is -2.23. The number of para-hydroxylation sites is 1. The van der Waals surface area contributed by atoms with E-state index >= 15 is 0 Å². The highest BCUT2D eigenvalue weighted by molar-refractivity contribution is 8.00. The van der Waals surface area contributed by atoms with Crippen LogP contribution in [0.15, 0.2) is 24.3 Å². The highest BCUT2D eigenvalue weighted by Crippen LogP contribution is 2.27. The molecule has 1 fully saturated rings. The van der Waals surface area contributed by atoms with Gasteiger partial charge in [-0.25, -0.2) is 0 Å². The zero-order chi connectivity index (χ0) is 11.4. The Morgan fingerprint density at radius 1 is 1.50 bits per heavy atom. The quantitative estimate of drug-likeness (QED) is 0.843. The number of thioether (sulfide) groups is 1. The average Bonchev–Trinajstić information content (AvgIpc) is 2.83. The minimum atomic E-state index is 0.114.